The number of carbonyl (C=O) groups is 1. The SMILES string of the molecule is CCOc1ccc(N(CC(=O)N2CCN(C/C=C/c3ccccc3)CC2)S(=O)(=O)c2ccc(Cl)cc2)cc1. The first-order chi connectivity index (χ1) is 18.4. The van der Waals surface area contributed by atoms with Gasteiger partial charge in [0.15, 0.2) is 0 Å². The van der Waals surface area contributed by atoms with E-state index in [-0.39, 0.29) is 17.3 Å². The Hall–Kier alpha value is -3.33. The molecule has 1 amide bonds. The smallest absolute Gasteiger partial charge is 0.264 e. The van der Waals surface area contributed by atoms with Gasteiger partial charge in [-0.25, -0.2) is 8.42 Å². The predicted octanol–water partition coefficient (Wildman–Crippen LogP) is 4.79. The minimum absolute atomic E-state index is 0.0682. The molecular weight excluding hydrogens is 522 g/mol. The third kappa shape index (κ3) is 7.16. The molecule has 1 fully saturated rings. The Kier molecular flexibility index (Phi) is 9.44. The first-order valence-corrected chi connectivity index (χ1v) is 14.4. The second kappa shape index (κ2) is 13.0. The van der Waals surface area contributed by atoms with Crippen molar-refractivity contribution in [3.63, 3.8) is 0 Å². The summed E-state index contributed by atoms with van der Waals surface area (Å²) < 4.78 is 33.9. The highest BCUT2D eigenvalue weighted by molar-refractivity contribution is 7.92. The van der Waals surface area contributed by atoms with Crippen molar-refractivity contribution >= 4 is 39.3 Å². The summed E-state index contributed by atoms with van der Waals surface area (Å²) >= 11 is 5.97. The van der Waals surface area contributed by atoms with Crippen LogP contribution in [-0.2, 0) is 14.8 Å². The lowest BCUT2D eigenvalue weighted by atomic mass is 10.2. The van der Waals surface area contributed by atoms with E-state index in [0.29, 0.717) is 36.2 Å². The molecule has 0 N–H and O–H groups in total. The molecule has 1 saturated heterocycles. The van der Waals surface area contributed by atoms with Crippen LogP contribution in [0.2, 0.25) is 5.02 Å². The predicted molar refractivity (Wildman–Crippen MR) is 152 cm³/mol. The average Bonchev–Trinajstić information content (AvgIpc) is 2.93. The minimum atomic E-state index is -4.01. The van der Waals surface area contributed by atoms with Gasteiger partial charge in [0.2, 0.25) is 5.91 Å². The van der Waals surface area contributed by atoms with Gasteiger partial charge in [0.1, 0.15) is 12.3 Å². The van der Waals surface area contributed by atoms with Crippen molar-refractivity contribution in [2.24, 2.45) is 0 Å². The number of halogens is 1. The molecule has 0 bridgehead atoms. The fourth-order valence-corrected chi connectivity index (χ4v) is 5.77. The van der Waals surface area contributed by atoms with E-state index in [1.54, 1.807) is 29.2 Å². The summed E-state index contributed by atoms with van der Waals surface area (Å²) in [6.45, 7) is 5.39. The Morgan fingerprint density at radius 1 is 0.947 bits per heavy atom. The van der Waals surface area contributed by atoms with E-state index in [9.17, 15) is 13.2 Å². The van der Waals surface area contributed by atoms with Gasteiger partial charge in [-0.3, -0.25) is 14.0 Å². The van der Waals surface area contributed by atoms with Gasteiger partial charge in [0.25, 0.3) is 10.0 Å². The first-order valence-electron chi connectivity index (χ1n) is 12.6. The molecule has 0 aromatic heterocycles. The van der Waals surface area contributed by atoms with Crippen molar-refractivity contribution in [1.29, 1.82) is 0 Å². The van der Waals surface area contributed by atoms with E-state index in [4.69, 9.17) is 16.3 Å². The van der Waals surface area contributed by atoms with Gasteiger partial charge in [-0.05, 0) is 61.0 Å². The fraction of sp³-hybridized carbons (Fsp3) is 0.276. The molecule has 1 aliphatic heterocycles. The number of carbonyl (C=O) groups excluding carboxylic acids is 1. The molecule has 7 nitrogen and oxygen atoms in total. The van der Waals surface area contributed by atoms with Crippen LogP contribution in [0.3, 0.4) is 0 Å². The number of hydrogen-bond acceptors (Lipinski definition) is 5. The van der Waals surface area contributed by atoms with Crippen molar-refractivity contribution in [1.82, 2.24) is 9.80 Å². The van der Waals surface area contributed by atoms with Crippen LogP contribution in [0.4, 0.5) is 5.69 Å². The second-order valence-corrected chi connectivity index (χ2v) is 11.2. The van der Waals surface area contributed by atoms with Gasteiger partial charge in [-0.2, -0.15) is 0 Å². The molecule has 0 spiro atoms. The van der Waals surface area contributed by atoms with Gasteiger partial charge < -0.3 is 9.64 Å². The Morgan fingerprint density at radius 2 is 1.61 bits per heavy atom. The normalized spacial score (nSPS) is 14.5. The van der Waals surface area contributed by atoms with Crippen LogP contribution in [0.25, 0.3) is 6.08 Å². The van der Waals surface area contributed by atoms with E-state index >= 15 is 0 Å². The first kappa shape index (κ1) is 27.7. The number of ether oxygens (including phenoxy) is 1. The molecule has 3 aromatic rings. The maximum absolute atomic E-state index is 13.6. The standard InChI is InChI=1S/C29H32ClN3O4S/c1-2-37-27-14-12-26(13-15-27)33(38(35,36)28-16-10-25(30)11-17-28)23-29(34)32-21-19-31(20-22-32)18-6-9-24-7-4-3-5-8-24/h3-17H,2,18-23H2,1H3/b9-6+. The Morgan fingerprint density at radius 3 is 2.24 bits per heavy atom. The van der Waals surface area contributed by atoms with Crippen molar-refractivity contribution in [3.8, 4) is 5.75 Å². The van der Waals surface area contributed by atoms with Crippen LogP contribution in [0.5, 0.6) is 5.75 Å². The number of rotatable bonds is 10. The van der Waals surface area contributed by atoms with E-state index in [0.717, 1.165) is 29.5 Å². The highest BCUT2D eigenvalue weighted by Crippen LogP contribution is 2.27. The van der Waals surface area contributed by atoms with Gasteiger partial charge in [0, 0.05) is 37.7 Å². The van der Waals surface area contributed by atoms with Gasteiger partial charge in [-0.1, -0.05) is 54.1 Å². The van der Waals surface area contributed by atoms with Crippen LogP contribution in [-0.4, -0.2) is 70.0 Å². The molecule has 0 radical (unpaired) electrons. The molecule has 1 aliphatic rings. The molecule has 4 rings (SSSR count). The quantitative estimate of drug-likeness (QED) is 0.361. The van der Waals surface area contributed by atoms with Crippen LogP contribution >= 0.6 is 11.6 Å². The molecule has 0 atom stereocenters. The van der Waals surface area contributed by atoms with E-state index in [1.165, 1.54) is 24.3 Å². The van der Waals surface area contributed by atoms with Gasteiger partial charge in [0.05, 0.1) is 17.2 Å². The largest absolute Gasteiger partial charge is 0.494 e. The van der Waals surface area contributed by atoms with Crippen LogP contribution in [0.1, 0.15) is 12.5 Å². The van der Waals surface area contributed by atoms with Crippen molar-refractivity contribution < 1.29 is 17.9 Å². The molecule has 0 unspecified atom stereocenters. The molecule has 0 aliphatic carbocycles. The second-order valence-electron chi connectivity index (χ2n) is 8.89. The lowest BCUT2D eigenvalue weighted by Crippen LogP contribution is -2.51. The zero-order chi connectivity index (χ0) is 27.0. The van der Waals surface area contributed by atoms with Crippen LogP contribution in [0, 0.1) is 0 Å². The molecule has 9 heteroatoms. The zero-order valence-electron chi connectivity index (χ0n) is 21.4. The molecule has 1 heterocycles. The summed E-state index contributed by atoms with van der Waals surface area (Å²) in [5.41, 5.74) is 1.54. The third-order valence-electron chi connectivity index (χ3n) is 6.31. The Labute approximate surface area is 229 Å². The highest BCUT2D eigenvalue weighted by Gasteiger charge is 2.30. The highest BCUT2D eigenvalue weighted by atomic mass is 35.5. The molecular formula is C29H32ClN3O4S. The Balaban J connectivity index is 1.44. The van der Waals surface area contributed by atoms with Gasteiger partial charge >= 0.3 is 0 Å². The summed E-state index contributed by atoms with van der Waals surface area (Å²) in [4.78, 5) is 17.4. The summed E-state index contributed by atoms with van der Waals surface area (Å²) in [5, 5.41) is 0.434. The van der Waals surface area contributed by atoms with Crippen molar-refractivity contribution in [2.45, 2.75) is 11.8 Å². The monoisotopic (exact) mass is 553 g/mol. The summed E-state index contributed by atoms with van der Waals surface area (Å²) in [6.07, 6.45) is 4.22. The van der Waals surface area contributed by atoms with E-state index in [1.807, 2.05) is 25.1 Å². The lowest BCUT2D eigenvalue weighted by molar-refractivity contribution is -0.131. The molecule has 3 aromatic carbocycles. The summed E-state index contributed by atoms with van der Waals surface area (Å²) in [6, 6.07) is 22.8. The van der Waals surface area contributed by atoms with Crippen molar-refractivity contribution in [2.75, 3.05) is 50.2 Å². The molecule has 38 heavy (non-hydrogen) atoms. The third-order valence-corrected chi connectivity index (χ3v) is 8.35. The molecule has 200 valence electrons. The van der Waals surface area contributed by atoms with Gasteiger partial charge in [-0.15, -0.1) is 0 Å². The number of amides is 1. The van der Waals surface area contributed by atoms with E-state index < -0.39 is 10.0 Å². The molecule has 0 saturated carbocycles. The zero-order valence-corrected chi connectivity index (χ0v) is 22.9. The Bertz CT molecular complexity index is 1320. The number of sulfonamides is 1. The van der Waals surface area contributed by atoms with E-state index in [2.05, 4.69) is 29.2 Å². The summed E-state index contributed by atoms with van der Waals surface area (Å²) in [7, 11) is -4.01. The topological polar surface area (TPSA) is 70.2 Å². The van der Waals surface area contributed by atoms with Crippen molar-refractivity contribution in [3.05, 3.63) is 95.5 Å². The maximum atomic E-state index is 13.6. The van der Waals surface area contributed by atoms with Crippen LogP contribution in [0.15, 0.2) is 89.8 Å². The number of hydrogen-bond donors (Lipinski definition) is 0. The fourth-order valence-electron chi connectivity index (χ4n) is 4.23. The number of anilines is 1. The lowest BCUT2D eigenvalue weighted by Gasteiger charge is -2.35. The number of benzene rings is 3. The maximum Gasteiger partial charge on any atom is 0.264 e. The average molecular weight is 554 g/mol. The number of piperazine rings is 1. The summed E-state index contributed by atoms with van der Waals surface area (Å²) in [5.74, 6) is 0.389. The minimum Gasteiger partial charge on any atom is -0.494 e. The van der Waals surface area contributed by atoms with Crippen LogP contribution < -0.4 is 9.04 Å². The number of nitrogens with zero attached hydrogens (tertiary/aromatic N) is 3.